The molecule has 204 valence electrons. The lowest BCUT2D eigenvalue weighted by Crippen LogP contribution is -2.33. The summed E-state index contributed by atoms with van der Waals surface area (Å²) < 4.78 is 17.8. The molecule has 0 unspecified atom stereocenters. The fourth-order valence-corrected chi connectivity index (χ4v) is 5.39. The number of pyridine rings is 1. The molecule has 6 rings (SSSR count). The number of hydrogen-bond acceptors (Lipinski definition) is 7. The third-order valence-electron chi connectivity index (χ3n) is 7.63. The van der Waals surface area contributed by atoms with Crippen LogP contribution in [0, 0.1) is 11.3 Å². The minimum Gasteiger partial charge on any atom is -0.489 e. The molecule has 0 spiro atoms. The maximum absolute atomic E-state index is 12.6. The first kappa shape index (κ1) is 26.1. The molecule has 2 aromatic heterocycles. The van der Waals surface area contributed by atoms with E-state index in [0.29, 0.717) is 48.0 Å². The van der Waals surface area contributed by atoms with Gasteiger partial charge in [-0.3, -0.25) is 9.78 Å². The number of nitriles is 1. The number of likely N-dealkylation sites (tertiary alicyclic amines) is 1. The average molecular weight is 537 g/mol. The number of furan rings is 1. The molecule has 1 N–H and O–H groups in total. The quantitative estimate of drug-likeness (QED) is 0.321. The lowest BCUT2D eigenvalue weighted by Gasteiger charge is -2.23. The summed E-state index contributed by atoms with van der Waals surface area (Å²) in [6.07, 6.45) is 5.92. The van der Waals surface area contributed by atoms with Crippen molar-refractivity contribution in [1.82, 2.24) is 15.2 Å². The van der Waals surface area contributed by atoms with Crippen molar-refractivity contribution in [2.24, 2.45) is 0 Å². The summed E-state index contributed by atoms with van der Waals surface area (Å²) in [7, 11) is 0. The number of nitrogens with zero attached hydrogens (tertiary/aromatic N) is 3. The maximum atomic E-state index is 12.6. The molecule has 0 saturated carbocycles. The minimum atomic E-state index is -0.0724. The predicted molar refractivity (Wildman–Crippen MR) is 152 cm³/mol. The molecule has 4 heterocycles. The van der Waals surface area contributed by atoms with Gasteiger partial charge in [0, 0.05) is 54.9 Å². The molecule has 0 radical (unpaired) electrons. The van der Waals surface area contributed by atoms with Crippen molar-refractivity contribution in [3.8, 4) is 34.3 Å². The SMILES string of the molecule is N#Cc1cc(-c2ccnc3cc(-c4ccc(C(=O)NCCN5CCCC5)cc4)oc23)ccc1OC1CCOCC1. The summed E-state index contributed by atoms with van der Waals surface area (Å²) in [5, 5.41) is 12.8. The average Bonchev–Trinajstić information content (AvgIpc) is 3.68. The summed E-state index contributed by atoms with van der Waals surface area (Å²) >= 11 is 0. The molecular formula is C32H32N4O4. The Labute approximate surface area is 233 Å². The summed E-state index contributed by atoms with van der Waals surface area (Å²) in [6, 6.07) is 19.1. The van der Waals surface area contributed by atoms with E-state index < -0.39 is 0 Å². The van der Waals surface area contributed by atoms with E-state index in [1.807, 2.05) is 54.6 Å². The number of carbonyl (C=O) groups excluding carboxylic acids is 1. The van der Waals surface area contributed by atoms with E-state index in [0.717, 1.165) is 54.7 Å². The highest BCUT2D eigenvalue weighted by atomic mass is 16.5. The van der Waals surface area contributed by atoms with Gasteiger partial charge in [-0.25, -0.2) is 0 Å². The number of hydrogen-bond donors (Lipinski definition) is 1. The van der Waals surface area contributed by atoms with Crippen LogP contribution in [0.2, 0.25) is 0 Å². The van der Waals surface area contributed by atoms with Crippen molar-refractivity contribution in [2.45, 2.75) is 31.8 Å². The Morgan fingerprint density at radius 2 is 1.82 bits per heavy atom. The van der Waals surface area contributed by atoms with Crippen LogP contribution in [0.25, 0.3) is 33.6 Å². The highest BCUT2D eigenvalue weighted by Crippen LogP contribution is 2.35. The number of aromatic nitrogens is 1. The molecule has 8 nitrogen and oxygen atoms in total. The molecule has 0 bridgehead atoms. The minimum absolute atomic E-state index is 0.0550. The first-order chi connectivity index (χ1) is 19.7. The second-order valence-electron chi connectivity index (χ2n) is 10.3. The predicted octanol–water partition coefficient (Wildman–Crippen LogP) is 5.42. The zero-order valence-corrected chi connectivity index (χ0v) is 22.4. The fourth-order valence-electron chi connectivity index (χ4n) is 5.39. The Morgan fingerprint density at radius 1 is 1.05 bits per heavy atom. The van der Waals surface area contributed by atoms with Gasteiger partial charge in [0.1, 0.15) is 29.2 Å². The Bertz CT molecular complexity index is 1530. The fraction of sp³-hybridized carbons (Fsp3) is 0.344. The molecule has 2 aromatic carbocycles. The molecule has 1 amide bonds. The van der Waals surface area contributed by atoms with Crippen molar-refractivity contribution in [2.75, 3.05) is 39.4 Å². The Balaban J connectivity index is 1.19. The van der Waals surface area contributed by atoms with E-state index in [-0.39, 0.29) is 12.0 Å². The molecule has 2 aliphatic rings. The number of benzene rings is 2. The van der Waals surface area contributed by atoms with Crippen LogP contribution >= 0.6 is 0 Å². The molecule has 0 aliphatic carbocycles. The van der Waals surface area contributed by atoms with E-state index in [2.05, 4.69) is 21.3 Å². The molecule has 2 fully saturated rings. The van der Waals surface area contributed by atoms with Gasteiger partial charge in [-0.05, 0) is 61.8 Å². The monoisotopic (exact) mass is 536 g/mol. The van der Waals surface area contributed by atoms with E-state index in [9.17, 15) is 10.1 Å². The van der Waals surface area contributed by atoms with Gasteiger partial charge in [0.05, 0.1) is 18.8 Å². The van der Waals surface area contributed by atoms with Crippen molar-refractivity contribution < 1.29 is 18.7 Å². The molecule has 4 aromatic rings. The third-order valence-corrected chi connectivity index (χ3v) is 7.63. The van der Waals surface area contributed by atoms with Crippen molar-refractivity contribution >= 4 is 17.0 Å². The first-order valence-corrected chi connectivity index (χ1v) is 14.0. The van der Waals surface area contributed by atoms with Gasteiger partial charge in [0.25, 0.3) is 5.91 Å². The zero-order valence-electron chi connectivity index (χ0n) is 22.4. The number of rotatable bonds is 8. The van der Waals surface area contributed by atoms with Gasteiger partial charge in [-0.1, -0.05) is 18.2 Å². The van der Waals surface area contributed by atoms with Crippen LogP contribution in [0.5, 0.6) is 5.75 Å². The Hall–Kier alpha value is -4.19. The summed E-state index contributed by atoms with van der Waals surface area (Å²) in [5.41, 5.74) is 5.02. The van der Waals surface area contributed by atoms with Crippen molar-refractivity contribution in [1.29, 1.82) is 5.26 Å². The van der Waals surface area contributed by atoms with Crippen molar-refractivity contribution in [3.05, 3.63) is 71.9 Å². The van der Waals surface area contributed by atoms with Crippen LogP contribution in [0.15, 0.2) is 65.2 Å². The maximum Gasteiger partial charge on any atom is 0.251 e. The second-order valence-corrected chi connectivity index (χ2v) is 10.3. The number of carbonyl (C=O) groups is 1. The van der Waals surface area contributed by atoms with Crippen molar-refractivity contribution in [3.63, 3.8) is 0 Å². The highest BCUT2D eigenvalue weighted by molar-refractivity contribution is 5.95. The summed E-state index contributed by atoms with van der Waals surface area (Å²) in [4.78, 5) is 19.5. The van der Waals surface area contributed by atoms with Gasteiger partial charge < -0.3 is 24.1 Å². The van der Waals surface area contributed by atoms with Gasteiger partial charge in [0.2, 0.25) is 0 Å². The lowest BCUT2D eigenvalue weighted by molar-refractivity contribution is 0.0254. The molecule has 2 saturated heterocycles. The molecule has 0 atom stereocenters. The van der Waals surface area contributed by atoms with Crippen LogP contribution in [0.4, 0.5) is 0 Å². The normalized spacial score (nSPS) is 16.2. The number of nitrogens with one attached hydrogen (secondary N) is 1. The van der Waals surface area contributed by atoms with Crippen LogP contribution in [0.3, 0.4) is 0 Å². The van der Waals surface area contributed by atoms with Gasteiger partial charge in [-0.15, -0.1) is 0 Å². The first-order valence-electron chi connectivity index (χ1n) is 14.0. The highest BCUT2D eigenvalue weighted by Gasteiger charge is 2.19. The summed E-state index contributed by atoms with van der Waals surface area (Å²) in [6.45, 7) is 5.13. The molecule has 40 heavy (non-hydrogen) atoms. The van der Waals surface area contributed by atoms with Gasteiger partial charge >= 0.3 is 0 Å². The third kappa shape index (κ3) is 5.71. The number of fused-ring (bicyclic) bond motifs is 1. The lowest BCUT2D eigenvalue weighted by atomic mass is 10.0. The number of ether oxygens (including phenoxy) is 2. The van der Waals surface area contributed by atoms with E-state index >= 15 is 0 Å². The van der Waals surface area contributed by atoms with Crippen LogP contribution < -0.4 is 10.1 Å². The Morgan fingerprint density at radius 3 is 2.60 bits per heavy atom. The van der Waals surface area contributed by atoms with Gasteiger partial charge in [-0.2, -0.15) is 5.26 Å². The largest absolute Gasteiger partial charge is 0.489 e. The topological polar surface area (TPSA) is 101 Å². The van der Waals surface area contributed by atoms with E-state index in [1.54, 1.807) is 6.20 Å². The number of amides is 1. The van der Waals surface area contributed by atoms with Gasteiger partial charge in [0.15, 0.2) is 5.58 Å². The van der Waals surface area contributed by atoms with Crippen LogP contribution in [-0.4, -0.2) is 61.3 Å². The molecule has 2 aliphatic heterocycles. The second kappa shape index (κ2) is 11.9. The van der Waals surface area contributed by atoms with E-state index in [1.165, 1.54) is 12.8 Å². The van der Waals surface area contributed by atoms with Crippen LogP contribution in [0.1, 0.15) is 41.6 Å². The molecular weight excluding hydrogens is 504 g/mol. The zero-order chi connectivity index (χ0) is 27.3. The Kier molecular flexibility index (Phi) is 7.76. The molecule has 8 heteroatoms. The van der Waals surface area contributed by atoms with Crippen LogP contribution in [-0.2, 0) is 4.74 Å². The standard InChI is InChI=1S/C32H32N4O4/c33-21-25-19-24(7-8-29(25)39-26-10-17-38-18-11-26)27-9-12-34-28-20-30(40-31(27)28)22-3-5-23(6-4-22)32(37)35-13-16-36-14-1-2-15-36/h3-9,12,19-20,26H,1-2,10-11,13-18H2,(H,35,37). The smallest absolute Gasteiger partial charge is 0.251 e. The summed E-state index contributed by atoms with van der Waals surface area (Å²) in [5.74, 6) is 1.18. The van der Waals surface area contributed by atoms with E-state index in [4.69, 9.17) is 13.9 Å².